The first-order chi connectivity index (χ1) is 15.4. The number of benzene rings is 2. The van der Waals surface area contributed by atoms with Crippen LogP contribution in [0.15, 0.2) is 73.1 Å². The van der Waals surface area contributed by atoms with Gasteiger partial charge in [-0.25, -0.2) is 0 Å². The highest BCUT2D eigenvalue weighted by atomic mass is 19.4. The minimum Gasteiger partial charge on any atom is -0.363 e. The molecule has 1 aliphatic rings. The smallest absolute Gasteiger partial charge is 0.363 e. The largest absolute Gasteiger partial charge is 0.416 e. The number of hydrogen-bond donors (Lipinski definition) is 0. The van der Waals surface area contributed by atoms with Gasteiger partial charge in [0.1, 0.15) is 0 Å². The first-order valence-electron chi connectivity index (χ1n) is 10.5. The number of nitrogens with zero attached hydrogens (tertiary/aromatic N) is 4. The van der Waals surface area contributed by atoms with E-state index >= 15 is 0 Å². The minimum absolute atomic E-state index is 0.0564. The van der Waals surface area contributed by atoms with Gasteiger partial charge in [0, 0.05) is 50.3 Å². The molecule has 0 aliphatic carbocycles. The number of alkyl halides is 3. The van der Waals surface area contributed by atoms with Crippen LogP contribution in [0.5, 0.6) is 0 Å². The SMILES string of the molecule is N#Cc1ccc(N(Cc2ccccc2C(F)(F)F)[C@H]2CCN(Cc3cccnc3)C2)cc1. The molecule has 1 saturated heterocycles. The molecule has 32 heavy (non-hydrogen) atoms. The zero-order chi connectivity index (χ0) is 22.6. The van der Waals surface area contributed by atoms with E-state index in [0.717, 1.165) is 43.4 Å². The molecule has 4 rings (SSSR count). The lowest BCUT2D eigenvalue weighted by molar-refractivity contribution is -0.138. The van der Waals surface area contributed by atoms with Crippen LogP contribution < -0.4 is 4.90 Å². The fourth-order valence-electron chi connectivity index (χ4n) is 4.24. The summed E-state index contributed by atoms with van der Waals surface area (Å²) in [5.74, 6) is 0. The minimum atomic E-state index is -4.41. The zero-order valence-electron chi connectivity index (χ0n) is 17.5. The Labute approximate surface area is 185 Å². The summed E-state index contributed by atoms with van der Waals surface area (Å²) < 4.78 is 40.8. The Bertz CT molecular complexity index is 1070. The number of nitriles is 1. The number of hydrogen-bond acceptors (Lipinski definition) is 4. The van der Waals surface area contributed by atoms with Gasteiger partial charge in [-0.05, 0) is 53.9 Å². The third-order valence-electron chi connectivity index (χ3n) is 5.81. The maximum absolute atomic E-state index is 13.6. The predicted molar refractivity (Wildman–Crippen MR) is 117 cm³/mol. The Morgan fingerprint density at radius 1 is 1.06 bits per heavy atom. The van der Waals surface area contributed by atoms with Crippen molar-refractivity contribution in [2.45, 2.75) is 31.7 Å². The molecule has 0 N–H and O–H groups in total. The summed E-state index contributed by atoms with van der Waals surface area (Å²) in [7, 11) is 0. The normalized spacial score (nSPS) is 16.6. The van der Waals surface area contributed by atoms with Crippen molar-refractivity contribution in [3.05, 3.63) is 95.3 Å². The van der Waals surface area contributed by atoms with E-state index in [1.807, 2.05) is 35.4 Å². The number of anilines is 1. The third kappa shape index (κ3) is 5.09. The van der Waals surface area contributed by atoms with Crippen LogP contribution in [0.1, 0.15) is 28.7 Å². The average molecular weight is 436 g/mol. The van der Waals surface area contributed by atoms with Crippen LogP contribution in [0.25, 0.3) is 0 Å². The maximum atomic E-state index is 13.6. The standard InChI is InChI=1S/C25H23F3N4/c26-25(27,28)24-6-2-1-5-21(24)17-32(22-9-7-19(14-29)8-10-22)23-11-13-31(18-23)16-20-4-3-12-30-15-20/h1-10,12,15,23H,11,13,16-18H2/t23-/m0/s1. The zero-order valence-corrected chi connectivity index (χ0v) is 17.5. The van der Waals surface area contributed by atoms with E-state index in [1.54, 1.807) is 30.5 Å². The van der Waals surface area contributed by atoms with Crippen molar-refractivity contribution in [3.63, 3.8) is 0 Å². The second kappa shape index (κ2) is 9.41. The maximum Gasteiger partial charge on any atom is 0.416 e. The van der Waals surface area contributed by atoms with Gasteiger partial charge in [0.25, 0.3) is 0 Å². The van der Waals surface area contributed by atoms with Gasteiger partial charge in [0.05, 0.1) is 17.2 Å². The second-order valence-electron chi connectivity index (χ2n) is 7.98. The molecule has 0 saturated carbocycles. The quantitative estimate of drug-likeness (QED) is 0.529. The van der Waals surface area contributed by atoms with Crippen molar-refractivity contribution in [2.75, 3.05) is 18.0 Å². The number of pyridine rings is 1. The summed E-state index contributed by atoms with van der Waals surface area (Å²) in [6.45, 7) is 2.49. The van der Waals surface area contributed by atoms with Gasteiger partial charge in [-0.15, -0.1) is 0 Å². The summed E-state index contributed by atoms with van der Waals surface area (Å²) in [5.41, 5.74) is 2.09. The molecule has 0 amide bonds. The summed E-state index contributed by atoms with van der Waals surface area (Å²) in [6.07, 6.45) is 0.00962. The molecule has 164 valence electrons. The number of likely N-dealkylation sites (tertiary alicyclic amines) is 1. The molecular formula is C25H23F3N4. The van der Waals surface area contributed by atoms with Crippen LogP contribution in [-0.4, -0.2) is 29.0 Å². The van der Waals surface area contributed by atoms with Gasteiger partial charge in [0.2, 0.25) is 0 Å². The van der Waals surface area contributed by atoms with E-state index in [2.05, 4.69) is 16.0 Å². The van der Waals surface area contributed by atoms with Crippen molar-refractivity contribution in [3.8, 4) is 6.07 Å². The Balaban J connectivity index is 1.60. The van der Waals surface area contributed by atoms with Crippen LogP contribution in [0, 0.1) is 11.3 Å². The van der Waals surface area contributed by atoms with Crippen LogP contribution in [0.4, 0.5) is 18.9 Å². The van der Waals surface area contributed by atoms with E-state index in [-0.39, 0.29) is 18.2 Å². The summed E-state index contributed by atoms with van der Waals surface area (Å²) in [5, 5.41) is 9.11. The van der Waals surface area contributed by atoms with Gasteiger partial charge in [0.15, 0.2) is 0 Å². The highest BCUT2D eigenvalue weighted by molar-refractivity contribution is 5.52. The Morgan fingerprint density at radius 3 is 2.53 bits per heavy atom. The fourth-order valence-corrected chi connectivity index (χ4v) is 4.24. The fraction of sp³-hybridized carbons (Fsp3) is 0.280. The van der Waals surface area contributed by atoms with Crippen molar-refractivity contribution in [1.29, 1.82) is 5.26 Å². The molecule has 1 fully saturated rings. The summed E-state index contributed by atoms with van der Waals surface area (Å²) in [4.78, 5) is 8.50. The third-order valence-corrected chi connectivity index (χ3v) is 5.81. The molecule has 0 spiro atoms. The molecular weight excluding hydrogens is 413 g/mol. The first-order valence-corrected chi connectivity index (χ1v) is 10.5. The van der Waals surface area contributed by atoms with E-state index in [0.29, 0.717) is 5.56 Å². The van der Waals surface area contributed by atoms with E-state index < -0.39 is 11.7 Å². The molecule has 1 atom stereocenters. The Kier molecular flexibility index (Phi) is 6.42. The molecule has 0 bridgehead atoms. The van der Waals surface area contributed by atoms with Crippen molar-refractivity contribution in [2.24, 2.45) is 0 Å². The molecule has 4 nitrogen and oxygen atoms in total. The van der Waals surface area contributed by atoms with Gasteiger partial charge in [-0.3, -0.25) is 9.88 Å². The van der Waals surface area contributed by atoms with Crippen LogP contribution in [-0.2, 0) is 19.3 Å². The van der Waals surface area contributed by atoms with Gasteiger partial charge < -0.3 is 4.90 Å². The molecule has 3 aromatic rings. The Morgan fingerprint density at radius 2 is 1.84 bits per heavy atom. The second-order valence-corrected chi connectivity index (χ2v) is 7.98. The van der Waals surface area contributed by atoms with Gasteiger partial charge >= 0.3 is 6.18 Å². The van der Waals surface area contributed by atoms with E-state index in [4.69, 9.17) is 5.26 Å². The number of rotatable bonds is 6. The highest BCUT2D eigenvalue weighted by Gasteiger charge is 2.35. The molecule has 7 heteroatoms. The molecule has 0 radical (unpaired) electrons. The number of halogens is 3. The molecule has 2 heterocycles. The monoisotopic (exact) mass is 436 g/mol. The van der Waals surface area contributed by atoms with Crippen molar-refractivity contribution < 1.29 is 13.2 Å². The summed E-state index contributed by atoms with van der Waals surface area (Å²) in [6, 6.07) is 18.9. The van der Waals surface area contributed by atoms with Crippen LogP contribution >= 0.6 is 0 Å². The van der Waals surface area contributed by atoms with Crippen molar-refractivity contribution in [1.82, 2.24) is 9.88 Å². The lowest BCUT2D eigenvalue weighted by atomic mass is 10.0. The highest BCUT2D eigenvalue weighted by Crippen LogP contribution is 2.34. The molecule has 1 aromatic heterocycles. The van der Waals surface area contributed by atoms with E-state index in [9.17, 15) is 13.2 Å². The van der Waals surface area contributed by atoms with Crippen molar-refractivity contribution >= 4 is 5.69 Å². The van der Waals surface area contributed by atoms with E-state index in [1.165, 1.54) is 6.07 Å². The topological polar surface area (TPSA) is 43.2 Å². The summed E-state index contributed by atoms with van der Waals surface area (Å²) >= 11 is 0. The lowest BCUT2D eigenvalue weighted by Gasteiger charge is -2.32. The Hall–Kier alpha value is -3.37. The van der Waals surface area contributed by atoms with Crippen LogP contribution in [0.3, 0.4) is 0 Å². The van der Waals surface area contributed by atoms with Gasteiger partial charge in [-0.2, -0.15) is 18.4 Å². The lowest BCUT2D eigenvalue weighted by Crippen LogP contribution is -2.37. The molecule has 0 unspecified atom stereocenters. The molecule has 2 aromatic carbocycles. The van der Waals surface area contributed by atoms with Gasteiger partial charge in [-0.1, -0.05) is 24.3 Å². The molecule has 1 aliphatic heterocycles. The predicted octanol–water partition coefficient (Wildman–Crippen LogP) is 5.25. The average Bonchev–Trinajstić information content (AvgIpc) is 3.26. The number of aromatic nitrogens is 1. The van der Waals surface area contributed by atoms with Crippen LogP contribution in [0.2, 0.25) is 0 Å². The first kappa shape index (κ1) is 21.8.